The van der Waals surface area contributed by atoms with Gasteiger partial charge in [0.1, 0.15) is 5.75 Å². The van der Waals surface area contributed by atoms with E-state index >= 15 is 0 Å². The van der Waals surface area contributed by atoms with Gasteiger partial charge in [-0.15, -0.1) is 24.0 Å². The van der Waals surface area contributed by atoms with Crippen molar-refractivity contribution in [3.8, 4) is 5.75 Å². The van der Waals surface area contributed by atoms with Crippen molar-refractivity contribution in [1.29, 1.82) is 0 Å². The van der Waals surface area contributed by atoms with Gasteiger partial charge in [0, 0.05) is 24.2 Å². The van der Waals surface area contributed by atoms with E-state index < -0.39 is 6.61 Å². The Kier molecular flexibility index (Phi) is 7.51. The van der Waals surface area contributed by atoms with Gasteiger partial charge in [0.05, 0.1) is 18.2 Å². The van der Waals surface area contributed by atoms with Gasteiger partial charge < -0.3 is 20.1 Å². The summed E-state index contributed by atoms with van der Waals surface area (Å²) in [5.74, 6) is 0.694. The third-order valence-corrected chi connectivity index (χ3v) is 4.57. The van der Waals surface area contributed by atoms with E-state index in [2.05, 4.69) is 20.4 Å². The average Bonchev–Trinajstić information content (AvgIpc) is 3.16. The standard InChI is InChI=1S/C16H20ClF2N3O2.HI/c1-20-16(22-12-7-11-3-5-14(12)23-11)21-8-9-6-10(17)2-4-13(9)24-15(18)19;/h2,4,6,11-12,14-15H,3,5,7-8H2,1H3,(H2,20,21,22);1H. The average molecular weight is 488 g/mol. The van der Waals surface area contributed by atoms with Crippen LogP contribution in [0.15, 0.2) is 23.2 Å². The zero-order valence-corrected chi connectivity index (χ0v) is 16.8. The molecule has 3 rings (SSSR count). The maximum atomic E-state index is 12.5. The van der Waals surface area contributed by atoms with E-state index in [9.17, 15) is 8.78 Å². The van der Waals surface area contributed by atoms with E-state index in [1.54, 1.807) is 13.1 Å². The van der Waals surface area contributed by atoms with Crippen LogP contribution in [0.2, 0.25) is 5.02 Å². The molecule has 3 unspecified atom stereocenters. The number of rotatable bonds is 5. The molecule has 2 N–H and O–H groups in total. The third kappa shape index (κ3) is 5.30. The third-order valence-electron chi connectivity index (χ3n) is 4.34. The van der Waals surface area contributed by atoms with Crippen LogP contribution in [0, 0.1) is 0 Å². The predicted molar refractivity (Wildman–Crippen MR) is 103 cm³/mol. The van der Waals surface area contributed by atoms with Crippen LogP contribution in [-0.2, 0) is 11.3 Å². The Hall–Kier alpha value is -0.870. The van der Waals surface area contributed by atoms with Crippen LogP contribution in [0.3, 0.4) is 0 Å². The van der Waals surface area contributed by atoms with Gasteiger partial charge in [-0.2, -0.15) is 8.78 Å². The summed E-state index contributed by atoms with van der Waals surface area (Å²) in [6, 6.07) is 4.78. The number of ether oxygens (including phenoxy) is 2. The van der Waals surface area contributed by atoms with Gasteiger partial charge in [-0.3, -0.25) is 4.99 Å². The fraction of sp³-hybridized carbons (Fsp3) is 0.562. The highest BCUT2D eigenvalue weighted by Gasteiger charge is 2.41. The van der Waals surface area contributed by atoms with Gasteiger partial charge in [-0.25, -0.2) is 0 Å². The van der Waals surface area contributed by atoms with Crippen LogP contribution in [0.1, 0.15) is 24.8 Å². The molecule has 140 valence electrons. The summed E-state index contributed by atoms with van der Waals surface area (Å²) in [6.45, 7) is -2.61. The van der Waals surface area contributed by atoms with Gasteiger partial charge in [0.15, 0.2) is 5.96 Å². The normalized spacial score (nSPS) is 25.0. The van der Waals surface area contributed by atoms with Gasteiger partial charge in [0.25, 0.3) is 0 Å². The molecule has 25 heavy (non-hydrogen) atoms. The number of hydrogen-bond acceptors (Lipinski definition) is 3. The first kappa shape index (κ1) is 20.4. The van der Waals surface area contributed by atoms with E-state index in [4.69, 9.17) is 16.3 Å². The highest BCUT2D eigenvalue weighted by atomic mass is 127. The Bertz CT molecular complexity index is 621. The molecule has 0 saturated carbocycles. The molecule has 1 aromatic rings. The molecule has 2 saturated heterocycles. The molecule has 2 aliphatic heterocycles. The zero-order valence-electron chi connectivity index (χ0n) is 13.7. The number of benzene rings is 1. The van der Waals surface area contributed by atoms with Gasteiger partial charge in [-0.1, -0.05) is 11.6 Å². The molecule has 1 aromatic carbocycles. The first-order chi connectivity index (χ1) is 11.5. The van der Waals surface area contributed by atoms with Crippen molar-refractivity contribution in [2.24, 2.45) is 4.99 Å². The highest BCUT2D eigenvalue weighted by Crippen LogP contribution is 2.34. The van der Waals surface area contributed by atoms with E-state index in [0.717, 1.165) is 19.3 Å². The van der Waals surface area contributed by atoms with Crippen molar-refractivity contribution >= 4 is 41.5 Å². The van der Waals surface area contributed by atoms with Crippen LogP contribution in [0.4, 0.5) is 8.78 Å². The smallest absolute Gasteiger partial charge is 0.387 e. The Morgan fingerprint density at radius 3 is 2.84 bits per heavy atom. The second kappa shape index (κ2) is 9.18. The fourth-order valence-electron chi connectivity index (χ4n) is 3.24. The molecule has 0 radical (unpaired) electrons. The number of halogens is 4. The largest absolute Gasteiger partial charge is 0.434 e. The minimum Gasteiger partial charge on any atom is -0.434 e. The van der Waals surface area contributed by atoms with Gasteiger partial charge in [-0.05, 0) is 37.5 Å². The Balaban J connectivity index is 0.00000225. The molecule has 0 spiro atoms. The van der Waals surface area contributed by atoms with Crippen LogP contribution in [-0.4, -0.2) is 37.9 Å². The van der Waals surface area contributed by atoms with Crippen molar-refractivity contribution in [3.05, 3.63) is 28.8 Å². The van der Waals surface area contributed by atoms with Crippen LogP contribution in [0.25, 0.3) is 0 Å². The quantitative estimate of drug-likeness (QED) is 0.379. The second-order valence-corrected chi connectivity index (χ2v) is 6.35. The number of nitrogens with zero attached hydrogens (tertiary/aromatic N) is 1. The summed E-state index contributed by atoms with van der Waals surface area (Å²) >= 11 is 5.95. The summed E-state index contributed by atoms with van der Waals surface area (Å²) in [4.78, 5) is 4.18. The number of nitrogens with one attached hydrogen (secondary N) is 2. The van der Waals surface area contributed by atoms with Gasteiger partial charge in [0.2, 0.25) is 0 Å². The predicted octanol–water partition coefficient (Wildman–Crippen LogP) is 3.54. The lowest BCUT2D eigenvalue weighted by Crippen LogP contribution is -2.47. The fourth-order valence-corrected chi connectivity index (χ4v) is 3.43. The Morgan fingerprint density at radius 1 is 1.44 bits per heavy atom. The van der Waals surface area contributed by atoms with E-state index in [1.165, 1.54) is 12.1 Å². The molecule has 3 atom stereocenters. The lowest BCUT2D eigenvalue weighted by Gasteiger charge is -2.23. The van der Waals surface area contributed by atoms with Crippen LogP contribution in [0.5, 0.6) is 5.75 Å². The van der Waals surface area contributed by atoms with Crippen molar-refractivity contribution in [2.75, 3.05) is 7.05 Å². The number of alkyl halides is 2. The summed E-state index contributed by atoms with van der Waals surface area (Å²) in [7, 11) is 1.66. The minimum absolute atomic E-state index is 0. The first-order valence-electron chi connectivity index (χ1n) is 7.91. The summed E-state index contributed by atoms with van der Waals surface area (Å²) in [5, 5.41) is 6.90. The van der Waals surface area contributed by atoms with E-state index in [0.29, 0.717) is 22.6 Å². The van der Waals surface area contributed by atoms with Crippen molar-refractivity contribution in [1.82, 2.24) is 10.6 Å². The molecule has 2 aliphatic rings. The van der Waals surface area contributed by atoms with E-state index in [1.807, 2.05) is 0 Å². The summed E-state index contributed by atoms with van der Waals surface area (Å²) in [5.41, 5.74) is 0.537. The molecule has 2 fully saturated rings. The molecule has 9 heteroatoms. The SMILES string of the molecule is CN=C(NCc1cc(Cl)ccc1OC(F)F)NC1CC2CCC1O2.I. The maximum absolute atomic E-state index is 12.5. The number of hydrogen-bond donors (Lipinski definition) is 2. The number of guanidine groups is 1. The highest BCUT2D eigenvalue weighted by molar-refractivity contribution is 14.0. The minimum atomic E-state index is -2.88. The van der Waals surface area contributed by atoms with Crippen LogP contribution < -0.4 is 15.4 Å². The Labute approximate surface area is 167 Å². The zero-order chi connectivity index (χ0) is 17.1. The molecular weight excluding hydrogens is 467 g/mol. The monoisotopic (exact) mass is 487 g/mol. The van der Waals surface area contributed by atoms with Crippen molar-refractivity contribution in [3.63, 3.8) is 0 Å². The summed E-state index contributed by atoms with van der Waals surface area (Å²) in [6.07, 6.45) is 3.69. The number of aliphatic imine (C=N–C) groups is 1. The maximum Gasteiger partial charge on any atom is 0.387 e. The van der Waals surface area contributed by atoms with Gasteiger partial charge >= 0.3 is 6.61 Å². The molecular formula is C16H21ClF2IN3O2. The lowest BCUT2D eigenvalue weighted by atomic mass is 9.96. The summed E-state index contributed by atoms with van der Waals surface area (Å²) < 4.78 is 35.3. The van der Waals surface area contributed by atoms with Crippen LogP contribution >= 0.6 is 35.6 Å². The molecule has 2 heterocycles. The van der Waals surface area contributed by atoms with Crippen molar-refractivity contribution < 1.29 is 18.3 Å². The molecule has 5 nitrogen and oxygen atoms in total. The molecule has 0 aromatic heterocycles. The Morgan fingerprint density at radius 2 is 2.24 bits per heavy atom. The second-order valence-electron chi connectivity index (χ2n) is 5.92. The molecule has 0 aliphatic carbocycles. The van der Waals surface area contributed by atoms with Crippen molar-refractivity contribution in [2.45, 2.75) is 50.7 Å². The van der Waals surface area contributed by atoms with E-state index in [-0.39, 0.29) is 48.4 Å². The number of fused-ring (bicyclic) bond motifs is 2. The molecule has 2 bridgehead atoms. The lowest BCUT2D eigenvalue weighted by molar-refractivity contribution is -0.0504. The first-order valence-corrected chi connectivity index (χ1v) is 8.29. The topological polar surface area (TPSA) is 54.9 Å². The molecule has 0 amide bonds.